The Bertz CT molecular complexity index is 1850. The van der Waals surface area contributed by atoms with Crippen LogP contribution < -0.4 is 10.6 Å². The monoisotopic (exact) mass is 500 g/mol. The molecule has 0 N–H and O–H groups in total. The van der Waals surface area contributed by atoms with Gasteiger partial charge in [-0.1, -0.05) is 81.0 Å². The molecule has 0 radical (unpaired) electrons. The van der Waals surface area contributed by atoms with Gasteiger partial charge < -0.3 is 0 Å². The van der Waals surface area contributed by atoms with E-state index in [1.165, 1.54) is 0 Å². The molecule has 0 aliphatic heterocycles. The molecular formula is C34H32N2O2. The molecule has 4 aromatic rings. The van der Waals surface area contributed by atoms with Gasteiger partial charge in [0.1, 0.15) is 0 Å². The number of carbonyl (C=O) groups excluding carboxylic acids is 2. The topological polar surface area (TPSA) is 44.0 Å². The van der Waals surface area contributed by atoms with Gasteiger partial charge in [-0.15, -0.1) is 0 Å². The SMILES string of the molecule is C=C/C=c1\c(=C/C)n(C(=O)C(=C)C)c2ccc(C(=C)c3c(/C=C\C)c4ccccc4n3C(=O)C(=C)C)cc12. The lowest BCUT2D eigenvalue weighted by molar-refractivity contribution is 0.0950. The smallest absolute Gasteiger partial charge is 0.257 e. The molecule has 0 amide bonds. The maximum Gasteiger partial charge on any atom is 0.257 e. The van der Waals surface area contributed by atoms with E-state index in [1.807, 2.05) is 80.6 Å². The highest BCUT2D eigenvalue weighted by Gasteiger charge is 2.23. The van der Waals surface area contributed by atoms with Gasteiger partial charge in [0.2, 0.25) is 0 Å². The highest BCUT2D eigenvalue weighted by molar-refractivity contribution is 6.09. The van der Waals surface area contributed by atoms with Crippen LogP contribution in [0.4, 0.5) is 0 Å². The highest BCUT2D eigenvalue weighted by Crippen LogP contribution is 2.35. The Kier molecular flexibility index (Phi) is 7.18. The Labute approximate surface area is 223 Å². The summed E-state index contributed by atoms with van der Waals surface area (Å²) in [5.41, 5.74) is 5.60. The van der Waals surface area contributed by atoms with E-state index >= 15 is 0 Å². The maximum absolute atomic E-state index is 13.4. The first kappa shape index (κ1) is 26.4. The van der Waals surface area contributed by atoms with Crippen molar-refractivity contribution in [3.05, 3.63) is 119 Å². The first-order valence-electron chi connectivity index (χ1n) is 12.5. The zero-order chi connectivity index (χ0) is 27.7. The molecule has 0 saturated heterocycles. The van der Waals surface area contributed by atoms with E-state index in [2.05, 4.69) is 26.3 Å². The van der Waals surface area contributed by atoms with Crippen LogP contribution in [0, 0.1) is 0 Å². The second-order valence-corrected chi connectivity index (χ2v) is 9.32. The van der Waals surface area contributed by atoms with Gasteiger partial charge in [-0.2, -0.15) is 0 Å². The average molecular weight is 501 g/mol. The van der Waals surface area contributed by atoms with Crippen LogP contribution >= 0.6 is 0 Å². The minimum atomic E-state index is -0.184. The minimum absolute atomic E-state index is 0.166. The van der Waals surface area contributed by atoms with Crippen molar-refractivity contribution in [2.24, 2.45) is 0 Å². The molecule has 38 heavy (non-hydrogen) atoms. The summed E-state index contributed by atoms with van der Waals surface area (Å²) in [6.07, 6.45) is 9.50. The molecule has 2 aromatic heterocycles. The number of hydrogen-bond donors (Lipinski definition) is 0. The zero-order valence-corrected chi connectivity index (χ0v) is 22.5. The van der Waals surface area contributed by atoms with Crippen molar-refractivity contribution in [2.75, 3.05) is 0 Å². The fraction of sp³-hybridized carbons (Fsp3) is 0.118. The summed E-state index contributed by atoms with van der Waals surface area (Å²) >= 11 is 0. The Morgan fingerprint density at radius 2 is 1.47 bits per heavy atom. The summed E-state index contributed by atoms with van der Waals surface area (Å²) in [5.74, 6) is -0.350. The summed E-state index contributed by atoms with van der Waals surface area (Å²) in [4.78, 5) is 26.6. The third-order valence-electron chi connectivity index (χ3n) is 6.62. The van der Waals surface area contributed by atoms with Crippen LogP contribution in [0.15, 0.2) is 92.1 Å². The molecule has 4 heteroatoms. The van der Waals surface area contributed by atoms with Gasteiger partial charge in [-0.3, -0.25) is 18.7 Å². The number of allylic oxidation sites excluding steroid dienone is 4. The number of carbonyl (C=O) groups is 2. The second-order valence-electron chi connectivity index (χ2n) is 9.32. The number of hydrogen-bond acceptors (Lipinski definition) is 2. The van der Waals surface area contributed by atoms with Crippen LogP contribution in [0.5, 0.6) is 0 Å². The van der Waals surface area contributed by atoms with Crippen LogP contribution in [0.1, 0.15) is 54.1 Å². The van der Waals surface area contributed by atoms with Gasteiger partial charge in [0, 0.05) is 32.7 Å². The number of benzene rings is 2. The molecule has 2 aromatic carbocycles. The first-order valence-corrected chi connectivity index (χ1v) is 12.5. The molecule has 0 unspecified atom stereocenters. The van der Waals surface area contributed by atoms with E-state index in [0.717, 1.165) is 43.5 Å². The van der Waals surface area contributed by atoms with E-state index in [0.29, 0.717) is 22.4 Å². The highest BCUT2D eigenvalue weighted by atomic mass is 16.2. The molecule has 0 saturated carbocycles. The predicted octanol–water partition coefficient (Wildman–Crippen LogP) is 6.89. The van der Waals surface area contributed by atoms with Crippen molar-refractivity contribution in [1.29, 1.82) is 0 Å². The first-order chi connectivity index (χ1) is 18.2. The van der Waals surface area contributed by atoms with Crippen molar-refractivity contribution in [2.45, 2.75) is 27.7 Å². The fourth-order valence-corrected chi connectivity index (χ4v) is 4.95. The molecule has 2 heterocycles. The number of fused-ring (bicyclic) bond motifs is 2. The normalized spacial score (nSPS) is 12.5. The Balaban J connectivity index is 2.10. The fourth-order valence-electron chi connectivity index (χ4n) is 4.95. The third-order valence-corrected chi connectivity index (χ3v) is 6.62. The van der Waals surface area contributed by atoms with Crippen molar-refractivity contribution in [3.63, 3.8) is 0 Å². The number of para-hydroxylation sites is 1. The molecule has 0 aliphatic carbocycles. The predicted molar refractivity (Wildman–Crippen MR) is 162 cm³/mol. The summed E-state index contributed by atoms with van der Waals surface area (Å²) < 4.78 is 3.39. The maximum atomic E-state index is 13.4. The van der Waals surface area contributed by atoms with E-state index < -0.39 is 0 Å². The van der Waals surface area contributed by atoms with Crippen LogP contribution in [-0.2, 0) is 0 Å². The van der Waals surface area contributed by atoms with E-state index in [1.54, 1.807) is 29.1 Å². The van der Waals surface area contributed by atoms with Gasteiger partial charge in [0.15, 0.2) is 0 Å². The Morgan fingerprint density at radius 1 is 0.842 bits per heavy atom. The lowest BCUT2D eigenvalue weighted by atomic mass is 9.98. The molecule has 190 valence electrons. The van der Waals surface area contributed by atoms with E-state index in [4.69, 9.17) is 0 Å². The standard InChI is InChI=1S/C34H32N2O2/c1-9-14-25-28-20-24(18-19-31(28)35(29(25)11-3)33(37)21(4)5)23(8)32-27(15-10-2)26-16-12-13-17-30(26)36(32)34(38)22(6)7/h9-20H,1,4,6,8H2,2-3,5,7H3/b15-10-,25-14-,29-11+. The van der Waals surface area contributed by atoms with Gasteiger partial charge in [-0.25, -0.2) is 0 Å². The van der Waals surface area contributed by atoms with E-state index in [9.17, 15) is 9.59 Å². The lowest BCUT2D eigenvalue weighted by Crippen LogP contribution is -2.32. The molecular weight excluding hydrogens is 468 g/mol. The molecule has 4 nitrogen and oxygen atoms in total. The summed E-state index contributed by atoms with van der Waals surface area (Å²) in [6.45, 7) is 23.4. The number of rotatable bonds is 6. The van der Waals surface area contributed by atoms with Crippen molar-refractivity contribution in [3.8, 4) is 0 Å². The van der Waals surface area contributed by atoms with Crippen LogP contribution in [0.25, 0.3) is 45.6 Å². The third kappa shape index (κ3) is 4.14. The molecule has 0 spiro atoms. The van der Waals surface area contributed by atoms with Gasteiger partial charge in [-0.05, 0) is 57.0 Å². The van der Waals surface area contributed by atoms with Crippen molar-refractivity contribution < 1.29 is 9.59 Å². The van der Waals surface area contributed by atoms with Gasteiger partial charge in [0.05, 0.1) is 22.1 Å². The van der Waals surface area contributed by atoms with Crippen LogP contribution in [0.2, 0.25) is 0 Å². The van der Waals surface area contributed by atoms with Gasteiger partial charge >= 0.3 is 0 Å². The van der Waals surface area contributed by atoms with Crippen molar-refractivity contribution >= 4 is 57.4 Å². The van der Waals surface area contributed by atoms with Gasteiger partial charge in [0.25, 0.3) is 11.8 Å². The summed E-state index contributed by atoms with van der Waals surface area (Å²) in [7, 11) is 0. The Morgan fingerprint density at radius 3 is 2.08 bits per heavy atom. The zero-order valence-electron chi connectivity index (χ0n) is 22.5. The average Bonchev–Trinajstić information content (AvgIpc) is 3.39. The summed E-state index contributed by atoms with van der Waals surface area (Å²) in [6, 6.07) is 13.7. The van der Waals surface area contributed by atoms with E-state index in [-0.39, 0.29) is 11.8 Å². The second kappa shape index (κ2) is 10.3. The quantitative estimate of drug-likeness (QED) is 0.271. The number of nitrogens with zero attached hydrogens (tertiary/aromatic N) is 2. The molecule has 0 aliphatic rings. The lowest BCUT2D eigenvalue weighted by Gasteiger charge is -2.14. The Hall–Kier alpha value is -4.70. The minimum Gasteiger partial charge on any atom is -0.276 e. The molecule has 0 fully saturated rings. The van der Waals surface area contributed by atoms with Crippen LogP contribution in [0.3, 0.4) is 0 Å². The van der Waals surface area contributed by atoms with Crippen LogP contribution in [-0.4, -0.2) is 20.9 Å². The number of aromatic nitrogens is 2. The summed E-state index contributed by atoms with van der Waals surface area (Å²) in [5, 5.41) is 3.50. The van der Waals surface area contributed by atoms with Crippen molar-refractivity contribution in [1.82, 2.24) is 9.13 Å². The largest absolute Gasteiger partial charge is 0.276 e. The molecule has 0 bridgehead atoms. The molecule has 0 atom stereocenters. The molecule has 4 rings (SSSR count).